The molecule has 0 aromatic heterocycles. The van der Waals surface area contributed by atoms with Crippen molar-refractivity contribution < 1.29 is 13.0 Å². The quantitative estimate of drug-likeness (QED) is 0.816. The van der Waals surface area contributed by atoms with Gasteiger partial charge in [-0.3, -0.25) is 4.21 Å². The molecule has 3 atom stereocenters. The van der Waals surface area contributed by atoms with Crippen LogP contribution in [0, 0.1) is 11.6 Å². The number of halogens is 2. The van der Waals surface area contributed by atoms with Crippen molar-refractivity contribution in [1.29, 1.82) is 0 Å². The zero-order valence-electron chi connectivity index (χ0n) is 8.87. The number of hydrogen-bond donors (Lipinski definition) is 1. The van der Waals surface area contributed by atoms with Crippen molar-refractivity contribution in [2.24, 2.45) is 0 Å². The van der Waals surface area contributed by atoms with E-state index in [1.165, 1.54) is 12.1 Å². The highest BCUT2D eigenvalue weighted by molar-refractivity contribution is 7.85. The molecule has 0 saturated carbocycles. The molecule has 1 aliphatic heterocycles. The molecule has 3 unspecified atom stereocenters. The Kier molecular flexibility index (Phi) is 3.35. The summed E-state index contributed by atoms with van der Waals surface area (Å²) in [5.41, 5.74) is 0.652. The summed E-state index contributed by atoms with van der Waals surface area (Å²) in [5.74, 6) is -1.26. The molecule has 5 heteroatoms. The monoisotopic (exact) mass is 245 g/mol. The van der Waals surface area contributed by atoms with Crippen LogP contribution in [-0.2, 0) is 10.8 Å². The largest absolute Gasteiger partial charge is 0.308 e. The Balaban J connectivity index is 2.18. The maximum absolute atomic E-state index is 13.0. The molecule has 0 radical (unpaired) electrons. The molecule has 16 heavy (non-hydrogen) atoms. The van der Waals surface area contributed by atoms with Crippen LogP contribution in [-0.4, -0.2) is 21.8 Å². The zero-order valence-corrected chi connectivity index (χ0v) is 9.69. The summed E-state index contributed by atoms with van der Waals surface area (Å²) in [7, 11) is -0.906. The molecule has 0 amide bonds. The van der Waals surface area contributed by atoms with Crippen LogP contribution in [0.5, 0.6) is 0 Å². The normalized spacial score (nSPS) is 30.3. The van der Waals surface area contributed by atoms with E-state index in [1.807, 2.05) is 6.92 Å². The first kappa shape index (κ1) is 11.7. The van der Waals surface area contributed by atoms with E-state index < -0.39 is 22.4 Å². The summed E-state index contributed by atoms with van der Waals surface area (Å²) in [4.78, 5) is 0. The van der Waals surface area contributed by atoms with Crippen molar-refractivity contribution in [3.8, 4) is 0 Å². The van der Waals surface area contributed by atoms with Crippen molar-refractivity contribution in [3.05, 3.63) is 35.4 Å². The highest BCUT2D eigenvalue weighted by Gasteiger charge is 2.25. The first-order valence-corrected chi connectivity index (χ1v) is 6.51. The van der Waals surface area contributed by atoms with Crippen LogP contribution in [0.15, 0.2) is 18.2 Å². The maximum Gasteiger partial charge on any atom is 0.159 e. The Morgan fingerprint density at radius 3 is 2.75 bits per heavy atom. The fourth-order valence-corrected chi connectivity index (χ4v) is 2.98. The lowest BCUT2D eigenvalue weighted by atomic mass is 10.1. The second-order valence-electron chi connectivity index (χ2n) is 3.99. The predicted molar refractivity (Wildman–Crippen MR) is 59.6 cm³/mol. The number of hydrogen-bond acceptors (Lipinski definition) is 2. The summed E-state index contributed by atoms with van der Waals surface area (Å²) >= 11 is 0. The highest BCUT2D eigenvalue weighted by Crippen LogP contribution is 2.21. The molecule has 1 aliphatic rings. The molecule has 88 valence electrons. The predicted octanol–water partition coefficient (Wildman–Crippen LogP) is 1.75. The van der Waals surface area contributed by atoms with E-state index in [0.29, 0.717) is 17.9 Å². The summed E-state index contributed by atoms with van der Waals surface area (Å²) in [6, 6.07) is 3.66. The van der Waals surface area contributed by atoms with Crippen LogP contribution < -0.4 is 5.32 Å². The van der Waals surface area contributed by atoms with Gasteiger partial charge in [0.25, 0.3) is 0 Å². The Hall–Kier alpha value is -0.810. The van der Waals surface area contributed by atoms with E-state index in [9.17, 15) is 13.0 Å². The SMILES string of the molecule is CC1CNC(c2ccc(F)c(F)c2)CS1=O. The van der Waals surface area contributed by atoms with Gasteiger partial charge in [0.15, 0.2) is 11.6 Å². The molecule has 1 heterocycles. The molecule has 0 bridgehead atoms. The molecule has 2 nitrogen and oxygen atoms in total. The van der Waals surface area contributed by atoms with E-state index in [-0.39, 0.29) is 11.3 Å². The molecular formula is C11H13F2NOS. The minimum absolute atomic E-state index is 0.113. The molecule has 1 N–H and O–H groups in total. The van der Waals surface area contributed by atoms with Crippen LogP contribution in [0.3, 0.4) is 0 Å². The summed E-state index contributed by atoms with van der Waals surface area (Å²) in [6.45, 7) is 2.54. The van der Waals surface area contributed by atoms with Crippen LogP contribution >= 0.6 is 0 Å². The van der Waals surface area contributed by atoms with Crippen molar-refractivity contribution >= 4 is 10.8 Å². The van der Waals surface area contributed by atoms with Crippen molar-refractivity contribution in [1.82, 2.24) is 5.32 Å². The fourth-order valence-electron chi connectivity index (χ4n) is 1.73. The van der Waals surface area contributed by atoms with Gasteiger partial charge in [-0.1, -0.05) is 6.07 Å². The molecule has 0 spiro atoms. The molecule has 0 aliphatic carbocycles. The lowest BCUT2D eigenvalue weighted by Gasteiger charge is -2.27. The van der Waals surface area contributed by atoms with E-state index >= 15 is 0 Å². The van der Waals surface area contributed by atoms with Crippen LogP contribution in [0.1, 0.15) is 18.5 Å². The van der Waals surface area contributed by atoms with Gasteiger partial charge in [0.1, 0.15) is 0 Å². The van der Waals surface area contributed by atoms with Gasteiger partial charge in [0.05, 0.1) is 0 Å². The van der Waals surface area contributed by atoms with Gasteiger partial charge in [-0.15, -0.1) is 0 Å². The third kappa shape index (κ3) is 2.30. The lowest BCUT2D eigenvalue weighted by Crippen LogP contribution is -2.41. The van der Waals surface area contributed by atoms with Gasteiger partial charge in [0, 0.05) is 34.4 Å². The number of rotatable bonds is 1. The van der Waals surface area contributed by atoms with E-state index in [1.54, 1.807) is 0 Å². The second kappa shape index (κ2) is 4.59. The Morgan fingerprint density at radius 1 is 1.38 bits per heavy atom. The van der Waals surface area contributed by atoms with Crippen LogP contribution in [0.2, 0.25) is 0 Å². The minimum Gasteiger partial charge on any atom is -0.308 e. The van der Waals surface area contributed by atoms with Gasteiger partial charge in [0.2, 0.25) is 0 Å². The Morgan fingerprint density at radius 2 is 2.12 bits per heavy atom. The van der Waals surface area contributed by atoms with E-state index in [2.05, 4.69) is 5.32 Å². The van der Waals surface area contributed by atoms with Crippen LogP contribution in [0.4, 0.5) is 8.78 Å². The lowest BCUT2D eigenvalue weighted by molar-refractivity contribution is 0.497. The smallest absolute Gasteiger partial charge is 0.159 e. The minimum atomic E-state index is -0.906. The van der Waals surface area contributed by atoms with Gasteiger partial charge in [-0.05, 0) is 24.6 Å². The van der Waals surface area contributed by atoms with Gasteiger partial charge in [-0.2, -0.15) is 0 Å². The third-order valence-electron chi connectivity index (χ3n) is 2.78. The van der Waals surface area contributed by atoms with Crippen molar-refractivity contribution in [3.63, 3.8) is 0 Å². The van der Waals surface area contributed by atoms with Crippen LogP contribution in [0.25, 0.3) is 0 Å². The highest BCUT2D eigenvalue weighted by atomic mass is 32.2. The van der Waals surface area contributed by atoms with Gasteiger partial charge in [-0.25, -0.2) is 8.78 Å². The topological polar surface area (TPSA) is 29.1 Å². The van der Waals surface area contributed by atoms with Gasteiger partial charge >= 0.3 is 0 Å². The first-order valence-electron chi connectivity index (χ1n) is 5.13. The fraction of sp³-hybridized carbons (Fsp3) is 0.455. The first-order chi connectivity index (χ1) is 7.58. The standard InChI is InChI=1S/C11H13F2NOS/c1-7-5-14-11(6-16(7)15)8-2-3-9(12)10(13)4-8/h2-4,7,11,14H,5-6H2,1H3. The van der Waals surface area contributed by atoms with E-state index in [4.69, 9.17) is 0 Å². The Bertz CT molecular complexity index is 424. The van der Waals surface area contributed by atoms with Crippen molar-refractivity contribution in [2.45, 2.75) is 18.2 Å². The summed E-state index contributed by atoms with van der Waals surface area (Å²) in [6.07, 6.45) is 0. The third-order valence-corrected chi connectivity index (χ3v) is 4.50. The molecule has 1 saturated heterocycles. The molecule has 1 fully saturated rings. The number of benzene rings is 1. The zero-order chi connectivity index (χ0) is 11.7. The average molecular weight is 245 g/mol. The molecular weight excluding hydrogens is 232 g/mol. The Labute approximate surface area is 95.5 Å². The second-order valence-corrected chi connectivity index (χ2v) is 5.89. The maximum atomic E-state index is 13.0. The molecule has 2 rings (SSSR count). The van der Waals surface area contributed by atoms with Gasteiger partial charge < -0.3 is 5.32 Å². The summed E-state index contributed by atoms with van der Waals surface area (Å²) in [5, 5.41) is 3.29. The van der Waals surface area contributed by atoms with E-state index in [0.717, 1.165) is 6.07 Å². The summed E-state index contributed by atoms with van der Waals surface area (Å²) < 4.78 is 37.4. The average Bonchev–Trinajstić information content (AvgIpc) is 2.26. The molecule has 1 aromatic carbocycles. The van der Waals surface area contributed by atoms with Crippen molar-refractivity contribution in [2.75, 3.05) is 12.3 Å². The molecule has 1 aromatic rings. The number of nitrogens with one attached hydrogen (secondary N) is 1.